The average molecular weight is 437 g/mol. The second-order valence-electron chi connectivity index (χ2n) is 7.76. The van der Waals surface area contributed by atoms with Crippen molar-refractivity contribution in [2.45, 2.75) is 55.9 Å². The van der Waals surface area contributed by atoms with Gasteiger partial charge in [-0.1, -0.05) is 48.9 Å². The van der Waals surface area contributed by atoms with Crippen molar-refractivity contribution in [1.29, 1.82) is 0 Å². The molecule has 0 aromatic carbocycles. The standard InChI is InChI=1S/C17H29BrO6Si/c1-17(2,3)25(6,7)24-14-10(8-9-11(19)13(14)18)12(15(20)22-4)16(21)23-5/h8-14,19H,1-7H3/t10-,11+,13-,14+/m1/s1. The first-order valence-electron chi connectivity index (χ1n) is 8.21. The molecule has 0 aliphatic heterocycles. The Balaban J connectivity index is 3.30. The Morgan fingerprint density at radius 2 is 1.60 bits per heavy atom. The van der Waals surface area contributed by atoms with Crippen LogP contribution in [0.15, 0.2) is 12.2 Å². The summed E-state index contributed by atoms with van der Waals surface area (Å²) in [6.07, 6.45) is 1.87. The van der Waals surface area contributed by atoms with E-state index in [0.29, 0.717) is 0 Å². The van der Waals surface area contributed by atoms with Gasteiger partial charge < -0.3 is 19.0 Å². The Morgan fingerprint density at radius 1 is 1.12 bits per heavy atom. The van der Waals surface area contributed by atoms with E-state index in [4.69, 9.17) is 13.9 Å². The highest BCUT2D eigenvalue weighted by atomic mass is 79.9. The quantitative estimate of drug-likeness (QED) is 0.234. The van der Waals surface area contributed by atoms with Gasteiger partial charge in [0.2, 0.25) is 0 Å². The molecule has 1 N–H and O–H groups in total. The largest absolute Gasteiger partial charge is 0.468 e. The van der Waals surface area contributed by atoms with Crippen LogP contribution in [0, 0.1) is 11.8 Å². The Labute approximate surface area is 159 Å². The Morgan fingerprint density at radius 3 is 2.00 bits per heavy atom. The maximum atomic E-state index is 12.2. The molecule has 0 saturated carbocycles. The summed E-state index contributed by atoms with van der Waals surface area (Å²) in [6.45, 7) is 10.5. The second-order valence-corrected chi connectivity index (χ2v) is 13.6. The van der Waals surface area contributed by atoms with Crippen LogP contribution in [-0.2, 0) is 23.5 Å². The zero-order valence-electron chi connectivity index (χ0n) is 15.9. The minimum Gasteiger partial charge on any atom is -0.468 e. The molecule has 6 nitrogen and oxygen atoms in total. The second kappa shape index (κ2) is 8.33. The molecule has 0 unspecified atom stereocenters. The van der Waals surface area contributed by atoms with Crippen molar-refractivity contribution >= 4 is 36.2 Å². The average Bonchev–Trinajstić information content (AvgIpc) is 2.52. The normalized spacial score (nSPS) is 27.3. The molecule has 0 heterocycles. The van der Waals surface area contributed by atoms with Crippen LogP contribution in [-0.4, -0.2) is 56.6 Å². The third-order valence-corrected chi connectivity index (χ3v) is 10.6. The van der Waals surface area contributed by atoms with Crippen LogP contribution < -0.4 is 0 Å². The van der Waals surface area contributed by atoms with E-state index >= 15 is 0 Å². The van der Waals surface area contributed by atoms with Crippen molar-refractivity contribution in [3.63, 3.8) is 0 Å². The van der Waals surface area contributed by atoms with Gasteiger partial charge >= 0.3 is 11.9 Å². The SMILES string of the molecule is COC(=O)C(C(=O)OC)[C@H]1C=C[C@H](O)[C@@H](Br)[C@H]1O[Si](C)(C)C(C)(C)C. The van der Waals surface area contributed by atoms with Gasteiger partial charge in [0.15, 0.2) is 14.2 Å². The van der Waals surface area contributed by atoms with Crippen molar-refractivity contribution in [3.05, 3.63) is 12.2 Å². The van der Waals surface area contributed by atoms with Crippen molar-refractivity contribution in [1.82, 2.24) is 0 Å². The van der Waals surface area contributed by atoms with Crippen LogP contribution in [0.1, 0.15) is 20.8 Å². The minimum atomic E-state index is -2.22. The summed E-state index contributed by atoms with van der Waals surface area (Å²) < 4.78 is 16.1. The molecule has 4 atom stereocenters. The number of halogens is 1. The first kappa shape index (κ1) is 22.3. The smallest absolute Gasteiger partial charge is 0.320 e. The lowest BCUT2D eigenvalue weighted by Crippen LogP contribution is -2.54. The molecule has 0 spiro atoms. The molecule has 0 aromatic rings. The monoisotopic (exact) mass is 436 g/mol. The zero-order chi connectivity index (χ0) is 19.6. The van der Waals surface area contributed by atoms with Crippen LogP contribution in [0.5, 0.6) is 0 Å². The van der Waals surface area contributed by atoms with Crippen molar-refractivity contribution < 1.29 is 28.6 Å². The number of hydrogen-bond acceptors (Lipinski definition) is 6. The van der Waals surface area contributed by atoms with Crippen LogP contribution in [0.25, 0.3) is 0 Å². The lowest BCUT2D eigenvalue weighted by atomic mass is 9.81. The molecule has 1 rings (SSSR count). The molecule has 1 aliphatic carbocycles. The molecule has 144 valence electrons. The number of methoxy groups -OCH3 is 2. The Bertz CT molecular complexity index is 512. The maximum absolute atomic E-state index is 12.2. The molecule has 0 amide bonds. The predicted molar refractivity (Wildman–Crippen MR) is 101 cm³/mol. The zero-order valence-corrected chi connectivity index (χ0v) is 18.5. The van der Waals surface area contributed by atoms with Gasteiger partial charge in [-0.15, -0.1) is 0 Å². The van der Waals surface area contributed by atoms with Crippen LogP contribution in [0.2, 0.25) is 18.1 Å². The van der Waals surface area contributed by atoms with E-state index in [2.05, 4.69) is 49.8 Å². The summed E-state index contributed by atoms with van der Waals surface area (Å²) >= 11 is 3.48. The number of rotatable bonds is 5. The number of ether oxygens (including phenoxy) is 2. The van der Waals surface area contributed by atoms with Crippen LogP contribution >= 0.6 is 15.9 Å². The van der Waals surface area contributed by atoms with E-state index in [1.54, 1.807) is 12.2 Å². The fourth-order valence-corrected chi connectivity index (χ4v) is 4.66. The minimum absolute atomic E-state index is 0.0671. The fourth-order valence-electron chi connectivity index (χ4n) is 2.49. The third kappa shape index (κ3) is 4.93. The van der Waals surface area contributed by atoms with E-state index < -0.39 is 49.1 Å². The van der Waals surface area contributed by atoms with Gasteiger partial charge in [-0.2, -0.15) is 0 Å². The highest BCUT2D eigenvalue weighted by Crippen LogP contribution is 2.42. The lowest BCUT2D eigenvalue weighted by Gasteiger charge is -2.45. The highest BCUT2D eigenvalue weighted by Gasteiger charge is 2.49. The summed E-state index contributed by atoms with van der Waals surface area (Å²) in [7, 11) is 0.242. The van der Waals surface area contributed by atoms with Gasteiger partial charge in [0.25, 0.3) is 0 Å². The Kier molecular flexibility index (Phi) is 7.44. The summed E-state index contributed by atoms with van der Waals surface area (Å²) in [5, 5.41) is 10.1. The van der Waals surface area contributed by atoms with Gasteiger partial charge in [0.05, 0.1) is 31.3 Å². The topological polar surface area (TPSA) is 82.1 Å². The number of carbonyl (C=O) groups excluding carboxylic acids is 2. The van der Waals surface area contributed by atoms with E-state index in [0.717, 1.165) is 0 Å². The van der Waals surface area contributed by atoms with Gasteiger partial charge in [0, 0.05) is 5.92 Å². The molecule has 8 heteroatoms. The molecule has 0 saturated heterocycles. The molecular formula is C17H29BrO6Si. The van der Waals surface area contributed by atoms with Crippen molar-refractivity contribution in [2.75, 3.05) is 14.2 Å². The highest BCUT2D eigenvalue weighted by molar-refractivity contribution is 9.09. The number of aliphatic hydroxyl groups is 1. The third-order valence-electron chi connectivity index (χ3n) is 5.08. The predicted octanol–water partition coefficient (Wildman–Crippen LogP) is 2.65. The van der Waals surface area contributed by atoms with E-state index in [1.165, 1.54) is 14.2 Å². The van der Waals surface area contributed by atoms with Crippen molar-refractivity contribution in [3.8, 4) is 0 Å². The van der Waals surface area contributed by atoms with Crippen molar-refractivity contribution in [2.24, 2.45) is 11.8 Å². The molecule has 25 heavy (non-hydrogen) atoms. The fraction of sp³-hybridized carbons (Fsp3) is 0.765. The summed E-state index contributed by atoms with van der Waals surface area (Å²) in [4.78, 5) is 24.0. The molecular weight excluding hydrogens is 408 g/mol. The number of esters is 2. The summed E-state index contributed by atoms with van der Waals surface area (Å²) in [5.74, 6) is -3.10. The number of alkyl halides is 1. The van der Waals surface area contributed by atoms with E-state index in [-0.39, 0.29) is 5.04 Å². The Hall–Kier alpha value is -0.703. The number of aliphatic hydroxyl groups excluding tert-OH is 1. The lowest BCUT2D eigenvalue weighted by molar-refractivity contribution is -0.162. The van der Waals surface area contributed by atoms with E-state index in [1.807, 2.05) is 0 Å². The first-order chi connectivity index (χ1) is 11.4. The van der Waals surface area contributed by atoms with Crippen LogP contribution in [0.4, 0.5) is 0 Å². The molecule has 0 radical (unpaired) electrons. The van der Waals surface area contributed by atoms with E-state index in [9.17, 15) is 14.7 Å². The molecule has 0 fully saturated rings. The number of carbonyl (C=O) groups is 2. The van der Waals surface area contributed by atoms with Gasteiger partial charge in [0.1, 0.15) is 0 Å². The molecule has 1 aliphatic rings. The van der Waals surface area contributed by atoms with Gasteiger partial charge in [-0.25, -0.2) is 0 Å². The number of hydrogen-bond donors (Lipinski definition) is 1. The summed E-state index contributed by atoms with van der Waals surface area (Å²) in [6, 6.07) is 0. The first-order valence-corrected chi connectivity index (χ1v) is 12.0. The molecule has 0 bridgehead atoms. The van der Waals surface area contributed by atoms with Gasteiger partial charge in [-0.3, -0.25) is 9.59 Å². The molecule has 0 aromatic heterocycles. The maximum Gasteiger partial charge on any atom is 0.320 e. The van der Waals surface area contributed by atoms with Crippen LogP contribution in [0.3, 0.4) is 0 Å². The summed E-state index contributed by atoms with van der Waals surface area (Å²) in [5.41, 5.74) is 0. The van der Waals surface area contributed by atoms with Gasteiger partial charge in [-0.05, 0) is 18.1 Å².